The first-order valence-corrected chi connectivity index (χ1v) is 5.35. The molecule has 0 spiro atoms. The van der Waals surface area contributed by atoms with Gasteiger partial charge in [-0.1, -0.05) is 19.1 Å². The van der Waals surface area contributed by atoms with Gasteiger partial charge in [0.1, 0.15) is 0 Å². The molecule has 0 fully saturated rings. The minimum atomic E-state index is -0.557. The largest absolute Gasteiger partial charge is 0.369 e. The molecule has 0 aliphatic rings. The Morgan fingerprint density at radius 1 is 1.40 bits per heavy atom. The van der Waals surface area contributed by atoms with Gasteiger partial charge in [0, 0.05) is 6.54 Å². The van der Waals surface area contributed by atoms with Gasteiger partial charge in [0.25, 0.3) is 0 Å². The second-order valence-electron chi connectivity index (χ2n) is 3.81. The lowest BCUT2D eigenvalue weighted by atomic mass is 9.80. The molecular weight excluding hydrogens is 188 g/mol. The van der Waals surface area contributed by atoms with Crippen LogP contribution in [0.15, 0.2) is 25.3 Å². The van der Waals surface area contributed by atoms with E-state index in [4.69, 9.17) is 5.73 Å². The Morgan fingerprint density at radius 3 is 2.27 bits per heavy atom. The molecule has 0 aliphatic heterocycles. The molecule has 0 aromatic rings. The van der Waals surface area contributed by atoms with Crippen molar-refractivity contribution in [2.75, 3.05) is 13.1 Å². The maximum absolute atomic E-state index is 11.5. The van der Waals surface area contributed by atoms with Crippen molar-refractivity contribution in [3.63, 3.8) is 0 Å². The molecule has 86 valence electrons. The highest BCUT2D eigenvalue weighted by atomic mass is 16.1. The molecule has 15 heavy (non-hydrogen) atoms. The third kappa shape index (κ3) is 4.30. The van der Waals surface area contributed by atoms with Gasteiger partial charge in [-0.15, -0.1) is 13.2 Å². The van der Waals surface area contributed by atoms with Gasteiger partial charge < -0.3 is 11.1 Å². The number of allylic oxidation sites excluding steroid dienone is 2. The van der Waals surface area contributed by atoms with Crippen LogP contribution in [-0.2, 0) is 4.79 Å². The van der Waals surface area contributed by atoms with Gasteiger partial charge in [-0.05, 0) is 25.8 Å². The lowest BCUT2D eigenvalue weighted by molar-refractivity contribution is -0.127. The van der Waals surface area contributed by atoms with Crippen molar-refractivity contribution >= 4 is 5.91 Å². The number of primary amides is 1. The Bertz CT molecular complexity index is 214. The van der Waals surface area contributed by atoms with Crippen molar-refractivity contribution < 1.29 is 4.79 Å². The summed E-state index contributed by atoms with van der Waals surface area (Å²) in [6.07, 6.45) is 5.69. The third-order valence-electron chi connectivity index (χ3n) is 2.48. The fraction of sp³-hybridized carbons (Fsp3) is 0.583. The fourth-order valence-corrected chi connectivity index (χ4v) is 1.57. The predicted octanol–water partition coefficient (Wildman–Crippen LogP) is 1.61. The van der Waals surface area contributed by atoms with Crippen LogP contribution >= 0.6 is 0 Å². The van der Waals surface area contributed by atoms with E-state index in [9.17, 15) is 4.79 Å². The molecule has 0 aromatic carbocycles. The first-order valence-electron chi connectivity index (χ1n) is 5.35. The lowest BCUT2D eigenvalue weighted by Crippen LogP contribution is -2.44. The van der Waals surface area contributed by atoms with E-state index >= 15 is 0 Å². The number of nitrogens with one attached hydrogen (secondary N) is 1. The van der Waals surface area contributed by atoms with Crippen LogP contribution in [0.2, 0.25) is 0 Å². The van der Waals surface area contributed by atoms with Crippen LogP contribution in [0.3, 0.4) is 0 Å². The molecule has 3 heteroatoms. The van der Waals surface area contributed by atoms with E-state index in [2.05, 4.69) is 25.4 Å². The van der Waals surface area contributed by atoms with Gasteiger partial charge in [0.05, 0.1) is 5.41 Å². The Hall–Kier alpha value is -1.09. The molecule has 0 heterocycles. The standard InChI is InChI=1S/C12H22N2O/c1-4-7-12(8-5-2,11(13)15)10-14-9-6-3/h4-5,14H,1-2,6-10H2,3H3,(H2,13,15). The van der Waals surface area contributed by atoms with Gasteiger partial charge in [0.15, 0.2) is 0 Å². The van der Waals surface area contributed by atoms with Crippen molar-refractivity contribution in [3.8, 4) is 0 Å². The Morgan fingerprint density at radius 2 is 1.93 bits per heavy atom. The molecule has 0 radical (unpaired) electrons. The van der Waals surface area contributed by atoms with Crippen LogP contribution in [0.5, 0.6) is 0 Å². The van der Waals surface area contributed by atoms with Gasteiger partial charge in [-0.3, -0.25) is 4.79 Å². The molecule has 3 N–H and O–H groups in total. The molecule has 3 nitrogen and oxygen atoms in total. The number of hydrogen-bond donors (Lipinski definition) is 2. The molecule has 0 saturated carbocycles. The third-order valence-corrected chi connectivity index (χ3v) is 2.48. The zero-order valence-corrected chi connectivity index (χ0v) is 9.59. The summed E-state index contributed by atoms with van der Waals surface area (Å²) >= 11 is 0. The van der Waals surface area contributed by atoms with Gasteiger partial charge in [0.2, 0.25) is 5.91 Å². The van der Waals surface area contributed by atoms with E-state index in [-0.39, 0.29) is 5.91 Å². The Balaban J connectivity index is 4.53. The summed E-state index contributed by atoms with van der Waals surface area (Å²) < 4.78 is 0. The Kier molecular flexibility index (Phi) is 6.71. The highest BCUT2D eigenvalue weighted by molar-refractivity contribution is 5.81. The van der Waals surface area contributed by atoms with Crippen molar-refractivity contribution in [2.24, 2.45) is 11.1 Å². The van der Waals surface area contributed by atoms with Crippen LogP contribution in [0.4, 0.5) is 0 Å². The smallest absolute Gasteiger partial charge is 0.225 e. The maximum Gasteiger partial charge on any atom is 0.225 e. The molecule has 0 rings (SSSR count). The van der Waals surface area contributed by atoms with Crippen LogP contribution < -0.4 is 11.1 Å². The summed E-state index contributed by atoms with van der Waals surface area (Å²) in [7, 11) is 0. The summed E-state index contributed by atoms with van der Waals surface area (Å²) in [6.45, 7) is 10.9. The first kappa shape index (κ1) is 13.9. The van der Waals surface area contributed by atoms with Crippen LogP contribution in [0.1, 0.15) is 26.2 Å². The summed E-state index contributed by atoms with van der Waals surface area (Å²) in [5, 5.41) is 3.23. The quantitative estimate of drug-likeness (QED) is 0.449. The maximum atomic E-state index is 11.5. The highest BCUT2D eigenvalue weighted by Gasteiger charge is 2.33. The van der Waals surface area contributed by atoms with E-state index < -0.39 is 5.41 Å². The SMILES string of the molecule is C=CCC(CC=C)(CNCCC)C(N)=O. The van der Waals surface area contributed by atoms with Crippen molar-refractivity contribution in [2.45, 2.75) is 26.2 Å². The van der Waals surface area contributed by atoms with E-state index in [0.29, 0.717) is 19.4 Å². The normalized spacial score (nSPS) is 11.0. The number of rotatable bonds is 9. The fourth-order valence-electron chi connectivity index (χ4n) is 1.57. The first-order chi connectivity index (χ1) is 7.13. The zero-order valence-electron chi connectivity index (χ0n) is 9.59. The summed E-state index contributed by atoms with van der Waals surface area (Å²) in [4.78, 5) is 11.5. The average Bonchev–Trinajstić information content (AvgIpc) is 2.18. The van der Waals surface area contributed by atoms with Crippen molar-refractivity contribution in [1.82, 2.24) is 5.32 Å². The average molecular weight is 210 g/mol. The molecule has 0 aromatic heterocycles. The minimum absolute atomic E-state index is 0.286. The second kappa shape index (κ2) is 7.23. The zero-order chi connectivity index (χ0) is 11.7. The summed E-state index contributed by atoms with van der Waals surface area (Å²) in [5.74, 6) is -0.286. The summed E-state index contributed by atoms with van der Waals surface area (Å²) in [5.41, 5.74) is 4.89. The molecule has 0 aliphatic carbocycles. The van der Waals surface area contributed by atoms with Crippen LogP contribution in [0.25, 0.3) is 0 Å². The van der Waals surface area contributed by atoms with Gasteiger partial charge in [-0.25, -0.2) is 0 Å². The molecular formula is C12H22N2O. The highest BCUT2D eigenvalue weighted by Crippen LogP contribution is 2.26. The summed E-state index contributed by atoms with van der Waals surface area (Å²) in [6, 6.07) is 0. The van der Waals surface area contributed by atoms with Gasteiger partial charge in [-0.2, -0.15) is 0 Å². The Labute approximate surface area is 92.4 Å². The molecule has 0 unspecified atom stereocenters. The van der Waals surface area contributed by atoms with Gasteiger partial charge >= 0.3 is 0 Å². The van der Waals surface area contributed by atoms with E-state index in [1.54, 1.807) is 12.2 Å². The number of hydrogen-bond acceptors (Lipinski definition) is 2. The molecule has 0 saturated heterocycles. The second-order valence-corrected chi connectivity index (χ2v) is 3.81. The van der Waals surface area contributed by atoms with E-state index in [0.717, 1.165) is 13.0 Å². The van der Waals surface area contributed by atoms with Crippen molar-refractivity contribution in [3.05, 3.63) is 25.3 Å². The van der Waals surface area contributed by atoms with Crippen LogP contribution in [0, 0.1) is 5.41 Å². The predicted molar refractivity (Wildman–Crippen MR) is 64.4 cm³/mol. The lowest BCUT2D eigenvalue weighted by Gasteiger charge is -2.28. The van der Waals surface area contributed by atoms with E-state index in [1.807, 2.05) is 0 Å². The number of carbonyl (C=O) groups is 1. The topological polar surface area (TPSA) is 55.1 Å². The van der Waals surface area contributed by atoms with E-state index in [1.165, 1.54) is 0 Å². The monoisotopic (exact) mass is 210 g/mol. The number of carbonyl (C=O) groups excluding carboxylic acids is 1. The minimum Gasteiger partial charge on any atom is -0.369 e. The number of amides is 1. The molecule has 1 amide bonds. The number of nitrogens with two attached hydrogens (primary N) is 1. The molecule has 0 atom stereocenters. The molecule has 0 bridgehead atoms. The van der Waals surface area contributed by atoms with Crippen molar-refractivity contribution in [1.29, 1.82) is 0 Å². The van der Waals surface area contributed by atoms with Crippen LogP contribution in [-0.4, -0.2) is 19.0 Å².